The number of fused-ring (bicyclic) bond motifs is 1. The summed E-state index contributed by atoms with van der Waals surface area (Å²) in [6.45, 7) is 0.439. The van der Waals surface area contributed by atoms with Gasteiger partial charge in [-0.15, -0.1) is 0 Å². The van der Waals surface area contributed by atoms with E-state index in [1.807, 2.05) is 6.07 Å². The van der Waals surface area contributed by atoms with Gasteiger partial charge in [0, 0.05) is 29.9 Å². The fourth-order valence-electron chi connectivity index (χ4n) is 3.47. The van der Waals surface area contributed by atoms with Crippen LogP contribution in [0.2, 0.25) is 0 Å². The van der Waals surface area contributed by atoms with E-state index in [0.717, 1.165) is 11.1 Å². The van der Waals surface area contributed by atoms with E-state index in [0.29, 0.717) is 28.2 Å². The van der Waals surface area contributed by atoms with Crippen molar-refractivity contribution in [2.24, 2.45) is 0 Å². The summed E-state index contributed by atoms with van der Waals surface area (Å²) in [5.74, 6) is 1.04. The Kier molecular flexibility index (Phi) is 6.21. The van der Waals surface area contributed by atoms with Gasteiger partial charge in [0.15, 0.2) is 5.65 Å². The second kappa shape index (κ2) is 9.39. The number of nitrogens with one attached hydrogen (secondary N) is 2. The van der Waals surface area contributed by atoms with Crippen molar-refractivity contribution in [3.63, 3.8) is 0 Å². The van der Waals surface area contributed by atoms with Gasteiger partial charge < -0.3 is 19.8 Å². The summed E-state index contributed by atoms with van der Waals surface area (Å²) in [4.78, 5) is 43.7. The van der Waals surface area contributed by atoms with Gasteiger partial charge in [-0.2, -0.15) is 0 Å². The van der Waals surface area contributed by atoms with Crippen molar-refractivity contribution in [1.82, 2.24) is 19.9 Å². The van der Waals surface area contributed by atoms with E-state index in [1.54, 1.807) is 68.9 Å². The van der Waals surface area contributed by atoms with Crippen LogP contribution < -0.4 is 25.9 Å². The zero-order valence-electron chi connectivity index (χ0n) is 18.1. The molecule has 33 heavy (non-hydrogen) atoms. The van der Waals surface area contributed by atoms with Crippen LogP contribution in [-0.2, 0) is 13.1 Å². The fourth-order valence-corrected chi connectivity index (χ4v) is 3.47. The molecule has 168 valence electrons. The number of H-pyrrole nitrogens is 1. The first-order valence-corrected chi connectivity index (χ1v) is 10.2. The number of benzene rings is 2. The second-order valence-corrected chi connectivity index (χ2v) is 7.28. The molecule has 0 aliphatic carbocycles. The zero-order valence-corrected chi connectivity index (χ0v) is 18.1. The first-order chi connectivity index (χ1) is 16.0. The SMILES string of the molecule is COc1ccc(CNC(=O)c2ccc(Cn3c(=O)c(=O)[nH]c4cccnc43)cc2)c(OC)c1. The Labute approximate surface area is 188 Å². The van der Waals surface area contributed by atoms with Gasteiger partial charge >= 0.3 is 11.1 Å². The second-order valence-electron chi connectivity index (χ2n) is 7.28. The Balaban J connectivity index is 1.49. The van der Waals surface area contributed by atoms with Gasteiger partial charge in [-0.3, -0.25) is 19.0 Å². The molecule has 4 aromatic rings. The largest absolute Gasteiger partial charge is 0.497 e. The minimum atomic E-state index is -0.708. The highest BCUT2D eigenvalue weighted by Crippen LogP contribution is 2.24. The number of nitrogens with zero attached hydrogens (tertiary/aromatic N) is 2. The fraction of sp³-hybridized carbons (Fsp3) is 0.167. The van der Waals surface area contributed by atoms with Crippen molar-refractivity contribution in [2.45, 2.75) is 13.1 Å². The number of ether oxygens (including phenoxy) is 2. The first-order valence-electron chi connectivity index (χ1n) is 10.2. The van der Waals surface area contributed by atoms with Crippen molar-refractivity contribution in [3.05, 3.63) is 98.2 Å². The lowest BCUT2D eigenvalue weighted by Gasteiger charge is -2.12. The summed E-state index contributed by atoms with van der Waals surface area (Å²) < 4.78 is 11.9. The molecule has 0 bridgehead atoms. The summed E-state index contributed by atoms with van der Waals surface area (Å²) in [6, 6.07) is 15.6. The van der Waals surface area contributed by atoms with E-state index in [2.05, 4.69) is 15.3 Å². The lowest BCUT2D eigenvalue weighted by Crippen LogP contribution is -2.36. The Bertz CT molecular complexity index is 1420. The van der Waals surface area contributed by atoms with Gasteiger partial charge in [-0.25, -0.2) is 4.98 Å². The highest BCUT2D eigenvalue weighted by molar-refractivity contribution is 5.94. The molecular formula is C24H22N4O5. The molecular weight excluding hydrogens is 424 g/mol. The Morgan fingerprint density at radius 2 is 1.85 bits per heavy atom. The summed E-state index contributed by atoms with van der Waals surface area (Å²) >= 11 is 0. The number of methoxy groups -OCH3 is 2. The van der Waals surface area contributed by atoms with Gasteiger partial charge in [0.1, 0.15) is 11.5 Å². The normalized spacial score (nSPS) is 10.7. The average Bonchev–Trinajstić information content (AvgIpc) is 2.85. The van der Waals surface area contributed by atoms with Crippen LogP contribution in [0.5, 0.6) is 11.5 Å². The topological polar surface area (TPSA) is 115 Å². The number of pyridine rings is 1. The molecule has 0 fully saturated rings. The van der Waals surface area contributed by atoms with E-state index in [4.69, 9.17) is 9.47 Å². The molecule has 2 heterocycles. The molecule has 0 saturated heterocycles. The molecule has 2 aromatic heterocycles. The summed E-state index contributed by atoms with van der Waals surface area (Å²) in [5.41, 5.74) is 1.51. The molecule has 0 atom stereocenters. The maximum absolute atomic E-state index is 12.6. The maximum atomic E-state index is 12.6. The molecule has 0 aliphatic heterocycles. The van der Waals surface area contributed by atoms with Crippen LogP contribution in [0.1, 0.15) is 21.5 Å². The number of hydrogen-bond acceptors (Lipinski definition) is 6. The zero-order chi connectivity index (χ0) is 23.4. The van der Waals surface area contributed by atoms with Crippen LogP contribution in [0.25, 0.3) is 11.2 Å². The lowest BCUT2D eigenvalue weighted by atomic mass is 10.1. The summed E-state index contributed by atoms with van der Waals surface area (Å²) in [5, 5.41) is 2.87. The molecule has 0 unspecified atom stereocenters. The number of aromatic amines is 1. The molecule has 0 radical (unpaired) electrons. The van der Waals surface area contributed by atoms with Crippen molar-refractivity contribution in [1.29, 1.82) is 0 Å². The van der Waals surface area contributed by atoms with Crippen LogP contribution in [0.15, 0.2) is 70.4 Å². The molecule has 1 amide bonds. The standard InChI is InChI=1S/C24H22N4O5/c1-32-18-10-9-17(20(12-18)33-2)13-26-22(29)16-7-5-15(6-8-16)14-28-21-19(4-3-11-25-21)27-23(30)24(28)31/h3-12H,13-14H2,1-2H3,(H,26,29)(H,27,30). The smallest absolute Gasteiger partial charge is 0.318 e. The quantitative estimate of drug-likeness (QED) is 0.420. The molecule has 2 N–H and O–H groups in total. The number of rotatable bonds is 7. The van der Waals surface area contributed by atoms with E-state index >= 15 is 0 Å². The van der Waals surface area contributed by atoms with Crippen molar-refractivity contribution >= 4 is 17.1 Å². The third-order valence-electron chi connectivity index (χ3n) is 5.22. The van der Waals surface area contributed by atoms with Crippen molar-refractivity contribution < 1.29 is 14.3 Å². The van der Waals surface area contributed by atoms with E-state index in [9.17, 15) is 14.4 Å². The monoisotopic (exact) mass is 446 g/mol. The molecule has 0 saturated carbocycles. The van der Waals surface area contributed by atoms with Crippen molar-refractivity contribution in [2.75, 3.05) is 14.2 Å². The van der Waals surface area contributed by atoms with Crippen molar-refractivity contribution in [3.8, 4) is 11.5 Å². The Morgan fingerprint density at radius 3 is 2.58 bits per heavy atom. The third-order valence-corrected chi connectivity index (χ3v) is 5.22. The molecule has 0 aliphatic rings. The number of amides is 1. The highest BCUT2D eigenvalue weighted by atomic mass is 16.5. The molecule has 9 nitrogen and oxygen atoms in total. The Morgan fingerprint density at radius 1 is 1.06 bits per heavy atom. The minimum absolute atomic E-state index is 0.154. The summed E-state index contributed by atoms with van der Waals surface area (Å²) in [7, 11) is 3.13. The number of hydrogen-bond donors (Lipinski definition) is 2. The number of carbonyl (C=O) groups is 1. The van der Waals surface area contributed by atoms with Gasteiger partial charge in [0.25, 0.3) is 5.91 Å². The predicted octanol–water partition coefficient (Wildman–Crippen LogP) is 2.08. The van der Waals surface area contributed by atoms with E-state index in [1.165, 1.54) is 4.57 Å². The molecule has 9 heteroatoms. The lowest BCUT2D eigenvalue weighted by molar-refractivity contribution is 0.0950. The van der Waals surface area contributed by atoms with Crippen LogP contribution in [-0.4, -0.2) is 34.7 Å². The average molecular weight is 446 g/mol. The Hall–Kier alpha value is -4.40. The maximum Gasteiger partial charge on any atom is 0.318 e. The van der Waals surface area contributed by atoms with Crippen LogP contribution in [0.4, 0.5) is 0 Å². The molecule has 2 aromatic carbocycles. The first kappa shape index (κ1) is 21.8. The third kappa shape index (κ3) is 4.62. The van der Waals surface area contributed by atoms with Gasteiger partial charge in [0.2, 0.25) is 0 Å². The number of carbonyl (C=O) groups excluding carboxylic acids is 1. The highest BCUT2D eigenvalue weighted by Gasteiger charge is 2.11. The van der Waals surface area contributed by atoms with E-state index < -0.39 is 11.1 Å². The minimum Gasteiger partial charge on any atom is -0.497 e. The van der Waals surface area contributed by atoms with Crippen LogP contribution in [0.3, 0.4) is 0 Å². The van der Waals surface area contributed by atoms with E-state index in [-0.39, 0.29) is 19.0 Å². The van der Waals surface area contributed by atoms with Gasteiger partial charge in [-0.05, 0) is 42.0 Å². The van der Waals surface area contributed by atoms with Crippen LogP contribution in [0, 0.1) is 0 Å². The summed E-state index contributed by atoms with van der Waals surface area (Å²) in [6.07, 6.45) is 1.56. The van der Waals surface area contributed by atoms with Gasteiger partial charge in [-0.1, -0.05) is 12.1 Å². The molecule has 0 spiro atoms. The predicted molar refractivity (Wildman–Crippen MR) is 123 cm³/mol. The van der Waals surface area contributed by atoms with Gasteiger partial charge in [0.05, 0.1) is 26.3 Å². The number of aromatic nitrogens is 3. The molecule has 4 rings (SSSR count). The van der Waals surface area contributed by atoms with Crippen LogP contribution >= 0.6 is 0 Å².